The summed E-state index contributed by atoms with van der Waals surface area (Å²) in [5.74, 6) is 3.94. The Morgan fingerprint density at radius 2 is 0.904 bits per heavy atom. The van der Waals surface area contributed by atoms with Crippen molar-refractivity contribution in [1.82, 2.24) is 0 Å². The molecule has 0 fully saturated rings. The van der Waals surface area contributed by atoms with E-state index in [2.05, 4.69) is 193 Å². The molecule has 0 saturated heterocycles. The molecular formula is C50H32OSi. The number of hydrogen-bond donors (Lipinski definition) is 0. The van der Waals surface area contributed by atoms with Gasteiger partial charge in [-0.05, 0) is 83.3 Å². The van der Waals surface area contributed by atoms with Crippen LogP contribution in [0.25, 0.3) is 65.4 Å². The van der Waals surface area contributed by atoms with Gasteiger partial charge in [-0.1, -0.05) is 176 Å². The van der Waals surface area contributed by atoms with Crippen molar-refractivity contribution in [2.75, 3.05) is 0 Å². The molecule has 1 aromatic heterocycles. The molecule has 10 rings (SSSR count). The average Bonchev–Trinajstić information content (AvgIpc) is 3.59. The van der Waals surface area contributed by atoms with Crippen LogP contribution in [0.5, 0.6) is 0 Å². The van der Waals surface area contributed by atoms with Crippen LogP contribution in [0.3, 0.4) is 0 Å². The lowest BCUT2D eigenvalue weighted by Gasteiger charge is -2.28. The van der Waals surface area contributed by atoms with Crippen molar-refractivity contribution in [2.24, 2.45) is 0 Å². The van der Waals surface area contributed by atoms with Crippen LogP contribution in [0, 0.1) is 11.5 Å². The van der Waals surface area contributed by atoms with E-state index in [0.717, 1.165) is 38.3 Å². The summed E-state index contributed by atoms with van der Waals surface area (Å²) in [6, 6.07) is 69.9. The zero-order valence-corrected chi connectivity index (χ0v) is 29.4. The highest BCUT2D eigenvalue weighted by Gasteiger charge is 2.39. The third-order valence-electron chi connectivity index (χ3n) is 10.6. The van der Waals surface area contributed by atoms with Gasteiger partial charge in [0.15, 0.2) is 0 Å². The predicted octanol–water partition coefficient (Wildman–Crippen LogP) is 10.8. The van der Waals surface area contributed by atoms with Crippen LogP contribution in [0.2, 0.25) is 0 Å². The van der Waals surface area contributed by atoms with E-state index in [9.17, 15) is 0 Å². The third kappa shape index (κ3) is 4.79. The van der Waals surface area contributed by atoms with E-state index >= 15 is 0 Å². The molecule has 242 valence electrons. The normalized spacial score (nSPS) is 11.7. The fraction of sp³-hybridized carbons (Fsp3) is 0. The Labute approximate surface area is 303 Å². The van der Waals surface area contributed by atoms with Crippen molar-refractivity contribution in [3.8, 4) is 22.6 Å². The van der Waals surface area contributed by atoms with Gasteiger partial charge < -0.3 is 4.42 Å². The van der Waals surface area contributed by atoms with Crippen molar-refractivity contribution in [1.29, 1.82) is 0 Å². The van der Waals surface area contributed by atoms with E-state index in [4.69, 9.17) is 4.42 Å². The van der Waals surface area contributed by atoms with Gasteiger partial charge in [-0.2, -0.15) is 0 Å². The minimum Gasteiger partial charge on any atom is -0.456 e. The summed E-state index contributed by atoms with van der Waals surface area (Å²) < 4.78 is 6.31. The number of benzene rings is 9. The van der Waals surface area contributed by atoms with Gasteiger partial charge in [0.25, 0.3) is 0 Å². The second kappa shape index (κ2) is 12.3. The molecule has 0 N–H and O–H groups in total. The number of rotatable bonds is 4. The van der Waals surface area contributed by atoms with E-state index in [1.165, 1.54) is 48.2 Å². The first-order chi connectivity index (χ1) is 25.8. The van der Waals surface area contributed by atoms with Gasteiger partial charge in [0.05, 0.1) is 0 Å². The summed E-state index contributed by atoms with van der Waals surface area (Å²) >= 11 is 0. The second-order valence-corrected chi connectivity index (χ2v) is 16.9. The van der Waals surface area contributed by atoms with E-state index < -0.39 is 8.07 Å². The summed E-state index contributed by atoms with van der Waals surface area (Å²) in [5, 5.41) is 13.2. The lowest BCUT2D eigenvalue weighted by atomic mass is 9.88. The molecule has 10 aromatic rings. The highest BCUT2D eigenvalue weighted by atomic mass is 28.3. The summed E-state index contributed by atoms with van der Waals surface area (Å²) in [6.07, 6.45) is 0. The van der Waals surface area contributed by atoms with Gasteiger partial charge in [0.1, 0.15) is 11.2 Å². The molecule has 0 atom stereocenters. The van der Waals surface area contributed by atoms with Gasteiger partial charge >= 0.3 is 0 Å². The fourth-order valence-corrected chi connectivity index (χ4v) is 12.0. The molecule has 0 unspecified atom stereocenters. The summed E-state index contributed by atoms with van der Waals surface area (Å²) in [6.45, 7) is 0. The monoisotopic (exact) mass is 676 g/mol. The Hall–Kier alpha value is -6.66. The van der Waals surface area contributed by atoms with Crippen LogP contribution in [0.15, 0.2) is 199 Å². The predicted molar refractivity (Wildman–Crippen MR) is 223 cm³/mol. The Balaban J connectivity index is 1.29. The van der Waals surface area contributed by atoms with Gasteiger partial charge in [-0.15, -0.1) is 5.54 Å². The first kappa shape index (κ1) is 30.2. The first-order valence-corrected chi connectivity index (χ1v) is 19.8. The fourth-order valence-electron chi connectivity index (χ4n) is 8.13. The minimum atomic E-state index is -2.97. The molecule has 0 amide bonds. The van der Waals surface area contributed by atoms with Gasteiger partial charge in [-0.3, -0.25) is 0 Å². The van der Waals surface area contributed by atoms with Gasteiger partial charge in [0, 0.05) is 16.3 Å². The SMILES string of the molecule is C(#C[Si](c1ccccc1)(c1ccccc1)c1ccc2oc3ccccc3c2c1)c1c2ccccc2c(-c2ccc3ccccc3c2)c2ccccc12. The van der Waals surface area contributed by atoms with Crippen molar-refractivity contribution in [2.45, 2.75) is 0 Å². The van der Waals surface area contributed by atoms with Crippen molar-refractivity contribution < 1.29 is 4.42 Å². The van der Waals surface area contributed by atoms with Crippen LogP contribution >= 0.6 is 0 Å². The van der Waals surface area contributed by atoms with Crippen LogP contribution in [0.1, 0.15) is 5.56 Å². The van der Waals surface area contributed by atoms with Crippen molar-refractivity contribution >= 4 is 77.9 Å². The topological polar surface area (TPSA) is 13.1 Å². The molecule has 2 heteroatoms. The van der Waals surface area contributed by atoms with E-state index in [1.807, 2.05) is 12.1 Å². The Bertz CT molecular complexity index is 2920. The second-order valence-electron chi connectivity index (χ2n) is 13.4. The van der Waals surface area contributed by atoms with Crippen LogP contribution in [-0.4, -0.2) is 8.07 Å². The Kier molecular flexibility index (Phi) is 7.13. The van der Waals surface area contributed by atoms with Gasteiger partial charge in [0.2, 0.25) is 8.07 Å². The van der Waals surface area contributed by atoms with E-state index in [-0.39, 0.29) is 0 Å². The average molecular weight is 677 g/mol. The number of furan rings is 1. The Morgan fingerprint density at radius 1 is 0.365 bits per heavy atom. The molecule has 1 nitrogen and oxygen atoms in total. The molecule has 52 heavy (non-hydrogen) atoms. The molecule has 0 bridgehead atoms. The maximum Gasteiger partial charge on any atom is 0.230 e. The molecule has 1 heterocycles. The molecule has 0 aliphatic rings. The highest BCUT2D eigenvalue weighted by Crippen LogP contribution is 2.40. The molecule has 9 aromatic carbocycles. The van der Waals surface area contributed by atoms with Gasteiger partial charge in [-0.25, -0.2) is 0 Å². The lowest BCUT2D eigenvalue weighted by molar-refractivity contribution is 0.669. The lowest BCUT2D eigenvalue weighted by Crippen LogP contribution is -2.66. The third-order valence-corrected chi connectivity index (χ3v) is 14.6. The molecule has 0 aliphatic carbocycles. The van der Waals surface area contributed by atoms with Crippen molar-refractivity contribution in [3.63, 3.8) is 0 Å². The van der Waals surface area contributed by atoms with E-state index in [0.29, 0.717) is 0 Å². The smallest absolute Gasteiger partial charge is 0.230 e. The van der Waals surface area contributed by atoms with Crippen LogP contribution in [0.4, 0.5) is 0 Å². The number of hydrogen-bond acceptors (Lipinski definition) is 1. The molecule has 0 saturated carbocycles. The molecular weight excluding hydrogens is 645 g/mol. The largest absolute Gasteiger partial charge is 0.456 e. The summed E-state index contributed by atoms with van der Waals surface area (Å²) in [4.78, 5) is 0. The summed E-state index contributed by atoms with van der Waals surface area (Å²) in [5.41, 5.74) is 9.44. The zero-order valence-electron chi connectivity index (χ0n) is 28.4. The number of fused-ring (bicyclic) bond motifs is 6. The maximum atomic E-state index is 6.31. The number of para-hydroxylation sites is 1. The van der Waals surface area contributed by atoms with Crippen LogP contribution in [-0.2, 0) is 0 Å². The quantitative estimate of drug-likeness (QED) is 0.0783. The highest BCUT2D eigenvalue weighted by molar-refractivity contribution is 7.17. The zero-order chi connectivity index (χ0) is 34.5. The standard InChI is InChI=1S/C50H32OSi/c1-3-17-38(18-4-1)52(39-19-5-2-6-20-39,40-29-30-49-47(34-40)44-23-13-14-26-48(44)51-49)32-31-43-41-21-9-11-24-45(41)50(46-25-12-10-22-42(43)46)37-28-27-35-15-7-8-16-36(35)33-37/h1-30,33-34H. The van der Waals surface area contributed by atoms with Crippen LogP contribution < -0.4 is 15.6 Å². The first-order valence-electron chi connectivity index (χ1n) is 17.8. The van der Waals surface area contributed by atoms with Crippen molar-refractivity contribution in [3.05, 3.63) is 200 Å². The maximum absolute atomic E-state index is 6.31. The Morgan fingerprint density at radius 3 is 1.58 bits per heavy atom. The molecule has 0 spiro atoms. The minimum absolute atomic E-state index is 0.892. The van der Waals surface area contributed by atoms with E-state index in [1.54, 1.807) is 0 Å². The molecule has 0 aliphatic heterocycles. The molecule has 0 radical (unpaired) electrons. The summed E-state index contributed by atoms with van der Waals surface area (Å²) in [7, 11) is -2.97.